The Labute approximate surface area is 187 Å². The number of allylic oxidation sites excluding steroid dienone is 2. The number of Topliss-reactive ketones (excluding diaryl/α,β-unsaturated/α-hetero) is 1. The number of fused-ring (bicyclic) bond motifs is 1. The summed E-state index contributed by atoms with van der Waals surface area (Å²) in [6.45, 7) is 4.77. The molecule has 7 heteroatoms. The number of rotatable bonds is 8. The molecule has 0 saturated carbocycles. The topological polar surface area (TPSA) is 64.8 Å². The number of hydrogen-bond donors (Lipinski definition) is 0. The number of ketones is 1. The van der Waals surface area contributed by atoms with Crippen molar-refractivity contribution in [3.8, 4) is 0 Å². The molecule has 1 aromatic carbocycles. The summed E-state index contributed by atoms with van der Waals surface area (Å²) in [5, 5.41) is 5.13. The molecule has 1 aromatic heterocycles. The van der Waals surface area contributed by atoms with E-state index in [4.69, 9.17) is 14.0 Å². The van der Waals surface area contributed by atoms with Crippen LogP contribution in [-0.4, -0.2) is 55.0 Å². The van der Waals surface area contributed by atoms with Crippen LogP contribution >= 0.6 is 0 Å². The van der Waals surface area contributed by atoms with E-state index in [9.17, 15) is 9.18 Å². The minimum absolute atomic E-state index is 0.0419. The van der Waals surface area contributed by atoms with Gasteiger partial charge >= 0.3 is 0 Å². The lowest BCUT2D eigenvalue weighted by atomic mass is 9.91. The van der Waals surface area contributed by atoms with Crippen molar-refractivity contribution >= 4 is 16.8 Å². The number of methoxy groups -OCH3 is 1. The van der Waals surface area contributed by atoms with Gasteiger partial charge in [-0.25, -0.2) is 4.39 Å². The normalized spacial score (nSPS) is 22.7. The monoisotopic (exact) mass is 440 g/mol. The van der Waals surface area contributed by atoms with Gasteiger partial charge < -0.3 is 14.0 Å². The number of likely N-dealkylation sites (tertiary alicyclic amines) is 1. The fourth-order valence-electron chi connectivity index (χ4n) is 4.28. The van der Waals surface area contributed by atoms with E-state index in [1.807, 2.05) is 18.2 Å². The quantitative estimate of drug-likeness (QED) is 0.444. The zero-order valence-electron chi connectivity index (χ0n) is 18.6. The van der Waals surface area contributed by atoms with Crippen molar-refractivity contribution in [1.29, 1.82) is 0 Å². The molecule has 32 heavy (non-hydrogen) atoms. The highest BCUT2D eigenvalue weighted by molar-refractivity contribution is 5.96. The minimum Gasteiger partial charge on any atom is -0.356 e. The van der Waals surface area contributed by atoms with Crippen LogP contribution in [0.2, 0.25) is 0 Å². The summed E-state index contributed by atoms with van der Waals surface area (Å²) in [6.07, 6.45) is 12.0. The Kier molecular flexibility index (Phi) is 6.98. The lowest BCUT2D eigenvalue weighted by Gasteiger charge is -2.31. The Morgan fingerprint density at radius 1 is 1.34 bits per heavy atom. The Morgan fingerprint density at radius 3 is 2.84 bits per heavy atom. The second-order valence-corrected chi connectivity index (χ2v) is 8.33. The van der Waals surface area contributed by atoms with E-state index in [1.54, 1.807) is 26.2 Å². The fourth-order valence-corrected chi connectivity index (χ4v) is 4.28. The maximum absolute atomic E-state index is 13.4. The predicted octanol–water partition coefficient (Wildman–Crippen LogP) is 4.54. The number of hydrogen-bond acceptors (Lipinski definition) is 6. The summed E-state index contributed by atoms with van der Waals surface area (Å²) in [6, 6.07) is 4.61. The van der Waals surface area contributed by atoms with Crippen molar-refractivity contribution in [3.63, 3.8) is 0 Å². The summed E-state index contributed by atoms with van der Waals surface area (Å²) < 4.78 is 30.2. The third-order valence-electron chi connectivity index (χ3n) is 6.27. The highest BCUT2D eigenvalue weighted by atomic mass is 19.1. The number of ether oxygens (including phenoxy) is 2. The van der Waals surface area contributed by atoms with Crippen LogP contribution in [0.1, 0.15) is 37.8 Å². The molecule has 1 unspecified atom stereocenters. The van der Waals surface area contributed by atoms with Crippen LogP contribution in [0.4, 0.5) is 4.39 Å². The standard InChI is InChI=1S/C25H29FN2O4/c1-18(29)19-7-11-25(30-2,12-8-19)31-16-4-3-13-28-14-9-20(10-15-28)24-22-6-5-21(26)17-23(22)32-27-24/h3-8,11,17,20H,9-10,12-16H2,1-2H3. The van der Waals surface area contributed by atoms with Crippen LogP contribution < -0.4 is 0 Å². The second kappa shape index (κ2) is 9.90. The highest BCUT2D eigenvalue weighted by Gasteiger charge is 2.29. The smallest absolute Gasteiger partial charge is 0.191 e. The molecule has 0 radical (unpaired) electrons. The molecule has 1 atom stereocenters. The third-order valence-corrected chi connectivity index (χ3v) is 6.27. The van der Waals surface area contributed by atoms with Gasteiger partial charge in [-0.05, 0) is 51.1 Å². The largest absolute Gasteiger partial charge is 0.356 e. The van der Waals surface area contributed by atoms with Gasteiger partial charge in [-0.3, -0.25) is 9.69 Å². The van der Waals surface area contributed by atoms with Crippen LogP contribution in [-0.2, 0) is 14.3 Å². The number of carbonyl (C=O) groups excluding carboxylic acids is 1. The van der Waals surface area contributed by atoms with Crippen LogP contribution in [0, 0.1) is 5.82 Å². The van der Waals surface area contributed by atoms with E-state index in [2.05, 4.69) is 16.1 Å². The summed E-state index contributed by atoms with van der Waals surface area (Å²) >= 11 is 0. The van der Waals surface area contributed by atoms with E-state index >= 15 is 0 Å². The Hall–Kier alpha value is -2.61. The molecule has 0 N–H and O–H groups in total. The van der Waals surface area contributed by atoms with Gasteiger partial charge in [0.25, 0.3) is 0 Å². The number of aromatic nitrogens is 1. The number of carbonyl (C=O) groups is 1. The van der Waals surface area contributed by atoms with Crippen molar-refractivity contribution < 1.29 is 23.2 Å². The number of halogens is 1. The van der Waals surface area contributed by atoms with Crippen LogP contribution in [0.5, 0.6) is 0 Å². The molecule has 1 aliphatic heterocycles. The third kappa shape index (κ3) is 5.06. The molecular weight excluding hydrogens is 411 g/mol. The van der Waals surface area contributed by atoms with E-state index < -0.39 is 5.79 Å². The van der Waals surface area contributed by atoms with Crippen molar-refractivity contribution in [2.75, 3.05) is 33.4 Å². The fraction of sp³-hybridized carbons (Fsp3) is 0.440. The molecule has 0 spiro atoms. The van der Waals surface area contributed by atoms with E-state index in [0.717, 1.165) is 43.6 Å². The first kappa shape index (κ1) is 22.6. The molecule has 1 saturated heterocycles. The van der Waals surface area contributed by atoms with Crippen molar-refractivity contribution in [1.82, 2.24) is 10.1 Å². The van der Waals surface area contributed by atoms with Gasteiger partial charge in [-0.1, -0.05) is 29.5 Å². The minimum atomic E-state index is -0.815. The number of benzene rings is 1. The molecule has 2 heterocycles. The lowest BCUT2D eigenvalue weighted by molar-refractivity contribution is -0.179. The maximum Gasteiger partial charge on any atom is 0.191 e. The Balaban J connectivity index is 1.22. The van der Waals surface area contributed by atoms with Crippen molar-refractivity contribution in [3.05, 3.63) is 65.7 Å². The molecule has 1 fully saturated rings. The first-order valence-corrected chi connectivity index (χ1v) is 11.0. The van der Waals surface area contributed by atoms with Gasteiger partial charge in [0.2, 0.25) is 0 Å². The van der Waals surface area contributed by atoms with Gasteiger partial charge in [0, 0.05) is 43.0 Å². The van der Waals surface area contributed by atoms with E-state index in [0.29, 0.717) is 30.1 Å². The summed E-state index contributed by atoms with van der Waals surface area (Å²) in [5.74, 6) is -0.748. The Bertz CT molecular complexity index is 1050. The predicted molar refractivity (Wildman–Crippen MR) is 120 cm³/mol. The Morgan fingerprint density at radius 2 is 2.16 bits per heavy atom. The highest BCUT2D eigenvalue weighted by Crippen LogP contribution is 2.32. The average Bonchev–Trinajstić information content (AvgIpc) is 3.22. The van der Waals surface area contributed by atoms with Crippen LogP contribution in [0.15, 0.2) is 58.7 Å². The molecule has 2 aliphatic rings. The van der Waals surface area contributed by atoms with Crippen LogP contribution in [0.25, 0.3) is 11.0 Å². The number of piperidine rings is 1. The molecule has 4 rings (SSSR count). The van der Waals surface area contributed by atoms with Crippen molar-refractivity contribution in [2.24, 2.45) is 0 Å². The lowest BCUT2D eigenvalue weighted by Crippen LogP contribution is -2.34. The summed E-state index contributed by atoms with van der Waals surface area (Å²) in [7, 11) is 1.61. The molecule has 0 amide bonds. The van der Waals surface area contributed by atoms with Crippen molar-refractivity contribution in [2.45, 2.75) is 37.9 Å². The van der Waals surface area contributed by atoms with Gasteiger partial charge in [0.05, 0.1) is 12.3 Å². The maximum atomic E-state index is 13.4. The van der Waals surface area contributed by atoms with Gasteiger partial charge in [0.15, 0.2) is 17.2 Å². The van der Waals surface area contributed by atoms with Gasteiger partial charge in [-0.2, -0.15) is 0 Å². The zero-order valence-corrected chi connectivity index (χ0v) is 18.6. The molecular formula is C25H29FN2O4. The number of nitrogens with zero attached hydrogens (tertiary/aromatic N) is 2. The molecule has 0 bridgehead atoms. The zero-order chi connectivity index (χ0) is 22.6. The molecule has 170 valence electrons. The first-order valence-electron chi connectivity index (χ1n) is 11.0. The van der Waals surface area contributed by atoms with E-state index in [-0.39, 0.29) is 11.6 Å². The summed E-state index contributed by atoms with van der Waals surface area (Å²) in [5.41, 5.74) is 2.14. The van der Waals surface area contributed by atoms with Gasteiger partial charge in [-0.15, -0.1) is 0 Å². The SMILES string of the molecule is COC1(OCC=CCN2CCC(c3noc4cc(F)ccc34)CC2)C=CC(C(C)=O)=CC1. The van der Waals surface area contributed by atoms with Gasteiger partial charge in [0.1, 0.15) is 5.82 Å². The van der Waals surface area contributed by atoms with E-state index in [1.165, 1.54) is 12.1 Å². The second-order valence-electron chi connectivity index (χ2n) is 8.33. The molecule has 6 nitrogen and oxygen atoms in total. The van der Waals surface area contributed by atoms with Crippen LogP contribution in [0.3, 0.4) is 0 Å². The molecule has 2 aromatic rings. The first-order chi connectivity index (χ1) is 15.5. The average molecular weight is 441 g/mol. The molecule has 1 aliphatic carbocycles. The summed E-state index contributed by atoms with van der Waals surface area (Å²) in [4.78, 5) is 13.9.